The van der Waals surface area contributed by atoms with Gasteiger partial charge < -0.3 is 24.1 Å². The third-order valence-corrected chi connectivity index (χ3v) is 5.06. The summed E-state index contributed by atoms with van der Waals surface area (Å²) in [6, 6.07) is 6.05. The van der Waals surface area contributed by atoms with Gasteiger partial charge in [-0.05, 0) is 25.0 Å². The zero-order valence-electron chi connectivity index (χ0n) is 15.7. The third kappa shape index (κ3) is 4.91. The topological polar surface area (TPSA) is 63.4 Å². The number of hydrogen-bond acceptors (Lipinski definition) is 4. The first-order valence-corrected chi connectivity index (χ1v) is 9.45. The molecule has 4 rings (SSSR count). The highest BCUT2D eigenvalue weighted by Crippen LogP contribution is 2.21. The second kappa shape index (κ2) is 9.70. The summed E-state index contributed by atoms with van der Waals surface area (Å²) in [5.74, 6) is 0.931. The first-order valence-electron chi connectivity index (χ1n) is 9.45. The van der Waals surface area contributed by atoms with Crippen molar-refractivity contribution >= 4 is 35.6 Å². The highest BCUT2D eigenvalue weighted by atomic mass is 127. The number of rotatable bonds is 4. The highest BCUT2D eigenvalue weighted by molar-refractivity contribution is 14.0. The Morgan fingerprint density at radius 2 is 2.19 bits per heavy atom. The SMILES string of the molecule is CN=C(NCCc1cn2ccccc2n1)N1CCOC(C2CCCO2)C1.I. The molecule has 4 heterocycles. The van der Waals surface area contributed by atoms with Gasteiger partial charge in [0.25, 0.3) is 0 Å². The Hall–Kier alpha value is -1.39. The maximum atomic E-state index is 5.93. The van der Waals surface area contributed by atoms with Crippen molar-refractivity contribution in [1.29, 1.82) is 0 Å². The molecule has 1 N–H and O–H groups in total. The van der Waals surface area contributed by atoms with Crippen molar-refractivity contribution in [3.63, 3.8) is 0 Å². The van der Waals surface area contributed by atoms with Gasteiger partial charge in [0.1, 0.15) is 11.8 Å². The Labute approximate surface area is 177 Å². The van der Waals surface area contributed by atoms with Crippen LogP contribution < -0.4 is 5.32 Å². The van der Waals surface area contributed by atoms with E-state index in [1.807, 2.05) is 31.4 Å². The zero-order valence-corrected chi connectivity index (χ0v) is 18.0. The quantitative estimate of drug-likeness (QED) is 0.408. The molecule has 0 amide bonds. The van der Waals surface area contributed by atoms with Gasteiger partial charge in [-0.15, -0.1) is 24.0 Å². The normalized spacial score (nSPS) is 23.4. The van der Waals surface area contributed by atoms with Crippen LogP contribution >= 0.6 is 24.0 Å². The van der Waals surface area contributed by atoms with Gasteiger partial charge in [-0.3, -0.25) is 4.99 Å². The van der Waals surface area contributed by atoms with E-state index in [9.17, 15) is 0 Å². The number of pyridine rings is 1. The van der Waals surface area contributed by atoms with Crippen LogP contribution in [-0.2, 0) is 15.9 Å². The van der Waals surface area contributed by atoms with Gasteiger partial charge in [-0.25, -0.2) is 4.98 Å². The molecule has 2 fully saturated rings. The number of aliphatic imine (C=N–C) groups is 1. The van der Waals surface area contributed by atoms with Crippen LogP contribution in [-0.4, -0.2) is 72.3 Å². The Balaban J connectivity index is 0.00000210. The average molecular weight is 485 g/mol. The molecule has 0 aliphatic carbocycles. The molecule has 2 unspecified atom stereocenters. The monoisotopic (exact) mass is 485 g/mol. The van der Waals surface area contributed by atoms with E-state index >= 15 is 0 Å². The van der Waals surface area contributed by atoms with Gasteiger partial charge in [-0.1, -0.05) is 6.07 Å². The van der Waals surface area contributed by atoms with E-state index in [0.29, 0.717) is 0 Å². The first-order chi connectivity index (χ1) is 12.8. The smallest absolute Gasteiger partial charge is 0.193 e. The van der Waals surface area contributed by atoms with Gasteiger partial charge in [0.05, 0.1) is 18.4 Å². The van der Waals surface area contributed by atoms with E-state index in [4.69, 9.17) is 9.47 Å². The van der Waals surface area contributed by atoms with Crippen molar-refractivity contribution in [2.24, 2.45) is 4.99 Å². The van der Waals surface area contributed by atoms with Gasteiger partial charge in [-0.2, -0.15) is 0 Å². The Morgan fingerprint density at radius 3 is 2.96 bits per heavy atom. The van der Waals surface area contributed by atoms with Crippen LogP contribution in [0.15, 0.2) is 35.6 Å². The predicted octanol–water partition coefficient (Wildman–Crippen LogP) is 1.95. The van der Waals surface area contributed by atoms with Crippen LogP contribution in [0.4, 0.5) is 0 Å². The minimum atomic E-state index is 0. The molecule has 148 valence electrons. The molecule has 0 bridgehead atoms. The molecule has 0 spiro atoms. The fourth-order valence-electron chi connectivity index (χ4n) is 3.73. The number of imidazole rings is 1. The Bertz CT molecular complexity index is 726. The molecule has 2 saturated heterocycles. The Kier molecular flexibility index (Phi) is 7.31. The molecular weight excluding hydrogens is 457 g/mol. The van der Waals surface area contributed by atoms with E-state index in [0.717, 1.165) is 69.4 Å². The number of fused-ring (bicyclic) bond motifs is 1. The van der Waals surface area contributed by atoms with Crippen LogP contribution in [0, 0.1) is 0 Å². The van der Waals surface area contributed by atoms with E-state index in [1.54, 1.807) is 0 Å². The molecule has 2 aliphatic rings. The summed E-state index contributed by atoms with van der Waals surface area (Å²) in [5, 5.41) is 3.47. The second-order valence-electron chi connectivity index (χ2n) is 6.83. The second-order valence-corrected chi connectivity index (χ2v) is 6.83. The number of ether oxygens (including phenoxy) is 2. The van der Waals surface area contributed by atoms with E-state index in [1.165, 1.54) is 0 Å². The highest BCUT2D eigenvalue weighted by Gasteiger charge is 2.32. The van der Waals surface area contributed by atoms with E-state index in [2.05, 4.69) is 30.8 Å². The molecule has 27 heavy (non-hydrogen) atoms. The largest absolute Gasteiger partial charge is 0.375 e. The van der Waals surface area contributed by atoms with Gasteiger partial charge in [0.2, 0.25) is 0 Å². The average Bonchev–Trinajstić information content (AvgIpc) is 3.34. The first kappa shape index (κ1) is 20.3. The lowest BCUT2D eigenvalue weighted by atomic mass is 10.1. The standard InChI is InChI=1S/C19H27N5O2.HI/c1-20-19(24-10-12-26-17(14-24)16-5-4-11-25-16)21-8-7-15-13-23-9-3-2-6-18(23)22-15;/h2-3,6,9,13,16-17H,4-5,7-8,10-12,14H2,1H3,(H,20,21);1H. The van der Waals surface area contributed by atoms with Crippen molar-refractivity contribution < 1.29 is 9.47 Å². The molecule has 2 atom stereocenters. The number of nitrogens with zero attached hydrogens (tertiary/aromatic N) is 4. The minimum absolute atomic E-state index is 0. The number of hydrogen-bond donors (Lipinski definition) is 1. The molecule has 2 aromatic heterocycles. The number of aromatic nitrogens is 2. The fraction of sp³-hybridized carbons (Fsp3) is 0.579. The number of morpholine rings is 1. The zero-order chi connectivity index (χ0) is 17.8. The lowest BCUT2D eigenvalue weighted by molar-refractivity contribution is -0.0816. The fourth-order valence-corrected chi connectivity index (χ4v) is 3.73. The maximum Gasteiger partial charge on any atom is 0.193 e. The molecular formula is C19H28IN5O2. The number of halogens is 1. The molecule has 8 heteroatoms. The van der Waals surface area contributed by atoms with E-state index in [-0.39, 0.29) is 36.2 Å². The summed E-state index contributed by atoms with van der Waals surface area (Å²) >= 11 is 0. The molecule has 0 aromatic carbocycles. The third-order valence-electron chi connectivity index (χ3n) is 5.06. The Morgan fingerprint density at radius 1 is 1.30 bits per heavy atom. The molecule has 7 nitrogen and oxygen atoms in total. The summed E-state index contributed by atoms with van der Waals surface area (Å²) in [6.45, 7) is 4.07. The van der Waals surface area contributed by atoms with E-state index < -0.39 is 0 Å². The van der Waals surface area contributed by atoms with Crippen molar-refractivity contribution in [3.05, 3.63) is 36.3 Å². The summed E-state index contributed by atoms with van der Waals surface area (Å²) < 4.78 is 13.8. The number of guanidine groups is 1. The molecule has 0 radical (unpaired) electrons. The van der Waals surface area contributed by atoms with Crippen LogP contribution in [0.2, 0.25) is 0 Å². The summed E-state index contributed by atoms with van der Waals surface area (Å²) in [5.41, 5.74) is 2.07. The lowest BCUT2D eigenvalue weighted by Crippen LogP contribution is -2.53. The van der Waals surface area contributed by atoms with Gasteiger partial charge >= 0.3 is 0 Å². The van der Waals surface area contributed by atoms with Crippen molar-refractivity contribution in [3.8, 4) is 0 Å². The van der Waals surface area contributed by atoms with Crippen LogP contribution in [0.5, 0.6) is 0 Å². The maximum absolute atomic E-state index is 5.93. The predicted molar refractivity (Wildman–Crippen MR) is 116 cm³/mol. The summed E-state index contributed by atoms with van der Waals surface area (Å²) in [6.07, 6.45) is 7.57. The number of nitrogens with one attached hydrogen (secondary N) is 1. The van der Waals surface area contributed by atoms with Crippen molar-refractivity contribution in [2.45, 2.75) is 31.5 Å². The lowest BCUT2D eigenvalue weighted by Gasteiger charge is -2.37. The van der Waals surface area contributed by atoms with Crippen molar-refractivity contribution in [2.75, 3.05) is 39.9 Å². The minimum Gasteiger partial charge on any atom is -0.375 e. The van der Waals surface area contributed by atoms with Crippen molar-refractivity contribution in [1.82, 2.24) is 19.6 Å². The van der Waals surface area contributed by atoms with Crippen LogP contribution in [0.25, 0.3) is 5.65 Å². The molecule has 2 aliphatic heterocycles. The van der Waals surface area contributed by atoms with Gasteiger partial charge in [0.15, 0.2) is 5.96 Å². The van der Waals surface area contributed by atoms with Gasteiger partial charge in [0, 0.05) is 52.1 Å². The molecule has 2 aromatic rings. The summed E-state index contributed by atoms with van der Waals surface area (Å²) in [7, 11) is 1.84. The summed E-state index contributed by atoms with van der Waals surface area (Å²) in [4.78, 5) is 11.4. The molecule has 0 saturated carbocycles. The van der Waals surface area contributed by atoms with Crippen LogP contribution in [0.3, 0.4) is 0 Å². The van der Waals surface area contributed by atoms with Crippen LogP contribution in [0.1, 0.15) is 18.5 Å².